The second kappa shape index (κ2) is 7.84. The van der Waals surface area contributed by atoms with E-state index in [0.29, 0.717) is 11.6 Å². The molecular formula is C19H18Cl2FN3O2. The van der Waals surface area contributed by atoms with E-state index in [-0.39, 0.29) is 23.3 Å². The number of hydrogen-bond donors (Lipinski definition) is 1. The number of aromatic nitrogens is 2. The van der Waals surface area contributed by atoms with Gasteiger partial charge >= 0.3 is 0 Å². The van der Waals surface area contributed by atoms with Gasteiger partial charge in [0.1, 0.15) is 11.6 Å². The minimum absolute atomic E-state index is 0. The Morgan fingerprint density at radius 1 is 1.19 bits per heavy atom. The largest absolute Gasteiger partial charge is 0.474 e. The van der Waals surface area contributed by atoms with E-state index in [9.17, 15) is 4.39 Å². The number of ether oxygens (including phenoxy) is 1. The van der Waals surface area contributed by atoms with Crippen LogP contribution in [0.2, 0.25) is 5.02 Å². The van der Waals surface area contributed by atoms with Crippen LogP contribution in [-0.2, 0) is 5.54 Å². The van der Waals surface area contributed by atoms with Crippen LogP contribution in [-0.4, -0.2) is 10.1 Å². The molecule has 1 aliphatic carbocycles. The van der Waals surface area contributed by atoms with Gasteiger partial charge in [-0.2, -0.15) is 4.98 Å². The molecule has 1 saturated carbocycles. The molecule has 0 aliphatic heterocycles. The summed E-state index contributed by atoms with van der Waals surface area (Å²) in [6, 6.07) is 13.4. The van der Waals surface area contributed by atoms with Crippen LogP contribution in [0.1, 0.15) is 42.6 Å². The molecule has 2 aromatic carbocycles. The first-order valence-electron chi connectivity index (χ1n) is 8.35. The number of benzene rings is 2. The van der Waals surface area contributed by atoms with E-state index in [1.54, 1.807) is 0 Å². The number of nitrogens with zero attached hydrogens (tertiary/aromatic N) is 2. The van der Waals surface area contributed by atoms with Gasteiger partial charge in [0.2, 0.25) is 6.10 Å². The maximum atomic E-state index is 13.3. The number of rotatable bonds is 5. The minimum Gasteiger partial charge on any atom is -0.474 e. The van der Waals surface area contributed by atoms with Crippen molar-refractivity contribution in [1.29, 1.82) is 0 Å². The molecule has 0 spiro atoms. The second-order valence-corrected chi connectivity index (χ2v) is 6.86. The van der Waals surface area contributed by atoms with Gasteiger partial charge in [-0.25, -0.2) is 4.39 Å². The van der Waals surface area contributed by atoms with Crippen LogP contribution in [0.25, 0.3) is 0 Å². The number of nitrogens with two attached hydrogens (primary N) is 1. The number of halogens is 3. The van der Waals surface area contributed by atoms with Crippen LogP contribution in [0.15, 0.2) is 53.1 Å². The molecule has 3 aromatic rings. The fourth-order valence-corrected chi connectivity index (χ4v) is 3.12. The van der Waals surface area contributed by atoms with Crippen LogP contribution in [0.5, 0.6) is 5.75 Å². The van der Waals surface area contributed by atoms with Crippen LogP contribution in [0, 0.1) is 5.82 Å². The zero-order chi connectivity index (χ0) is 18.1. The lowest BCUT2D eigenvalue weighted by Crippen LogP contribution is -2.44. The Bertz CT molecular complexity index is 916. The fraction of sp³-hybridized carbons (Fsp3) is 0.263. The van der Waals surface area contributed by atoms with Crippen LogP contribution < -0.4 is 10.5 Å². The summed E-state index contributed by atoms with van der Waals surface area (Å²) in [7, 11) is 0. The lowest BCUT2D eigenvalue weighted by Gasteiger charge is -2.34. The SMILES string of the molecule is Cl.NC1(c2noc(C(Oc3ccc(F)cc3Cl)c3ccccc3)n2)CCC1. The van der Waals surface area contributed by atoms with Crippen LogP contribution in [0.4, 0.5) is 4.39 Å². The van der Waals surface area contributed by atoms with E-state index < -0.39 is 17.5 Å². The standard InChI is InChI=1S/C19H17ClFN3O2.ClH/c20-14-11-13(21)7-8-15(14)25-16(12-5-2-1-3-6-12)17-23-18(24-26-17)19(22)9-4-10-19;/h1-3,5-8,11,16H,4,9-10,22H2;1H. The Kier molecular flexibility index (Phi) is 5.69. The molecule has 142 valence electrons. The van der Waals surface area contributed by atoms with Gasteiger partial charge in [-0.15, -0.1) is 12.4 Å². The van der Waals surface area contributed by atoms with E-state index in [1.807, 2.05) is 30.3 Å². The lowest BCUT2D eigenvalue weighted by atomic mass is 9.77. The molecule has 2 N–H and O–H groups in total. The first-order chi connectivity index (χ1) is 12.5. The summed E-state index contributed by atoms with van der Waals surface area (Å²) in [4.78, 5) is 4.48. The Morgan fingerprint density at radius 2 is 1.93 bits per heavy atom. The van der Waals surface area contributed by atoms with E-state index in [4.69, 9.17) is 26.6 Å². The summed E-state index contributed by atoms with van der Waals surface area (Å²) in [6.45, 7) is 0. The van der Waals surface area contributed by atoms with Gasteiger partial charge in [-0.1, -0.05) is 47.1 Å². The van der Waals surface area contributed by atoms with Crippen molar-refractivity contribution in [2.45, 2.75) is 30.9 Å². The van der Waals surface area contributed by atoms with Crippen LogP contribution in [0.3, 0.4) is 0 Å². The minimum atomic E-state index is -0.677. The Morgan fingerprint density at radius 3 is 2.56 bits per heavy atom. The van der Waals surface area contributed by atoms with Crippen molar-refractivity contribution in [3.63, 3.8) is 0 Å². The molecule has 5 nitrogen and oxygen atoms in total. The maximum absolute atomic E-state index is 13.3. The normalized spacial score (nSPS) is 16.1. The molecule has 27 heavy (non-hydrogen) atoms. The Balaban J connectivity index is 0.00000210. The topological polar surface area (TPSA) is 74.2 Å². The van der Waals surface area contributed by atoms with Gasteiger partial charge in [-0.05, 0) is 37.5 Å². The van der Waals surface area contributed by atoms with Gasteiger partial charge in [0, 0.05) is 5.56 Å². The molecule has 0 radical (unpaired) electrons. The molecule has 1 fully saturated rings. The van der Waals surface area contributed by atoms with Gasteiger partial charge in [0.25, 0.3) is 5.89 Å². The molecule has 0 bridgehead atoms. The van der Waals surface area contributed by atoms with Crippen molar-refractivity contribution in [3.8, 4) is 5.75 Å². The van der Waals surface area contributed by atoms with Gasteiger partial charge in [-0.3, -0.25) is 0 Å². The zero-order valence-corrected chi connectivity index (χ0v) is 15.8. The average molecular weight is 410 g/mol. The Labute approximate surface area is 167 Å². The molecule has 1 atom stereocenters. The summed E-state index contributed by atoms with van der Waals surface area (Å²) in [6.07, 6.45) is 2.02. The monoisotopic (exact) mass is 409 g/mol. The molecular weight excluding hydrogens is 392 g/mol. The highest BCUT2D eigenvalue weighted by molar-refractivity contribution is 6.32. The van der Waals surface area contributed by atoms with Gasteiger partial charge in [0.05, 0.1) is 10.6 Å². The zero-order valence-electron chi connectivity index (χ0n) is 14.3. The quantitative estimate of drug-likeness (QED) is 0.655. The molecule has 1 heterocycles. The summed E-state index contributed by atoms with van der Waals surface area (Å²) in [5.74, 6) is 0.651. The molecule has 1 aromatic heterocycles. The van der Waals surface area contributed by atoms with Crippen molar-refractivity contribution in [2.24, 2.45) is 5.73 Å². The fourth-order valence-electron chi connectivity index (χ4n) is 2.91. The first kappa shape index (κ1) is 19.6. The summed E-state index contributed by atoms with van der Waals surface area (Å²) < 4.78 is 24.8. The molecule has 0 amide bonds. The van der Waals surface area contributed by atoms with Gasteiger partial charge in [0.15, 0.2) is 5.82 Å². The smallest absolute Gasteiger partial charge is 0.272 e. The maximum Gasteiger partial charge on any atom is 0.272 e. The van der Waals surface area contributed by atoms with E-state index >= 15 is 0 Å². The third kappa shape index (κ3) is 3.93. The molecule has 8 heteroatoms. The molecule has 1 unspecified atom stereocenters. The van der Waals surface area contributed by atoms with E-state index in [2.05, 4.69) is 10.1 Å². The highest BCUT2D eigenvalue weighted by Gasteiger charge is 2.40. The van der Waals surface area contributed by atoms with Gasteiger partial charge < -0.3 is 15.0 Å². The van der Waals surface area contributed by atoms with E-state index in [1.165, 1.54) is 18.2 Å². The second-order valence-electron chi connectivity index (χ2n) is 6.45. The molecule has 4 rings (SSSR count). The summed E-state index contributed by atoms with van der Waals surface area (Å²) in [5.41, 5.74) is 6.56. The van der Waals surface area contributed by atoms with Crippen molar-refractivity contribution in [1.82, 2.24) is 10.1 Å². The van der Waals surface area contributed by atoms with Crippen molar-refractivity contribution < 1.29 is 13.7 Å². The lowest BCUT2D eigenvalue weighted by molar-refractivity contribution is 0.191. The molecule has 1 aliphatic rings. The summed E-state index contributed by atoms with van der Waals surface area (Å²) >= 11 is 6.11. The average Bonchev–Trinajstić information content (AvgIpc) is 3.10. The molecule has 0 saturated heterocycles. The predicted octanol–water partition coefficient (Wildman–Crippen LogP) is 4.79. The van der Waals surface area contributed by atoms with E-state index in [0.717, 1.165) is 24.8 Å². The Hall–Kier alpha value is -2.15. The first-order valence-corrected chi connectivity index (χ1v) is 8.73. The van der Waals surface area contributed by atoms with Crippen molar-refractivity contribution in [2.75, 3.05) is 0 Å². The number of hydrogen-bond acceptors (Lipinski definition) is 5. The third-order valence-electron chi connectivity index (χ3n) is 4.60. The third-order valence-corrected chi connectivity index (χ3v) is 4.89. The van der Waals surface area contributed by atoms with Crippen LogP contribution >= 0.6 is 24.0 Å². The summed E-state index contributed by atoms with van der Waals surface area (Å²) in [5, 5.41) is 4.22. The highest BCUT2D eigenvalue weighted by atomic mass is 35.5. The van der Waals surface area contributed by atoms with Crippen molar-refractivity contribution >= 4 is 24.0 Å². The predicted molar refractivity (Wildman–Crippen MR) is 102 cm³/mol. The highest BCUT2D eigenvalue weighted by Crippen LogP contribution is 2.38. The van der Waals surface area contributed by atoms with Crippen molar-refractivity contribution in [3.05, 3.63) is 76.6 Å².